The third kappa shape index (κ3) is 4.42. The summed E-state index contributed by atoms with van der Waals surface area (Å²) in [7, 11) is 0. The summed E-state index contributed by atoms with van der Waals surface area (Å²) in [5, 5.41) is 5.05. The molecule has 3 rings (SSSR count). The average Bonchev–Trinajstić information content (AvgIpc) is 3.34. The van der Waals surface area contributed by atoms with E-state index in [0.717, 1.165) is 43.8 Å². The number of hydrogen-bond donors (Lipinski definition) is 1. The van der Waals surface area contributed by atoms with E-state index in [9.17, 15) is 9.59 Å². The maximum atomic E-state index is 12.8. The molecule has 1 aromatic rings. The standard InChI is InChI=1S/C19H29N3O2S/c1-2-9-20-18(23)17(15-6-3-4-7-15)21-10-12-22(13-11-21)19(24)16-8-5-14-25-16/h5,8,14-15,17H,2-4,6-7,9-13H2,1H3,(H,20,23). The van der Waals surface area contributed by atoms with Gasteiger partial charge in [0.05, 0.1) is 10.9 Å². The molecule has 1 saturated carbocycles. The molecule has 2 amide bonds. The van der Waals surface area contributed by atoms with Crippen LogP contribution in [-0.4, -0.2) is 60.4 Å². The molecular formula is C19H29N3O2S. The Morgan fingerprint density at radius 3 is 2.56 bits per heavy atom. The molecule has 0 radical (unpaired) electrons. The zero-order valence-corrected chi connectivity index (χ0v) is 15.9. The molecule has 1 aliphatic heterocycles. The average molecular weight is 364 g/mol. The second-order valence-electron chi connectivity index (χ2n) is 7.09. The Balaban J connectivity index is 1.61. The summed E-state index contributed by atoms with van der Waals surface area (Å²) in [6.45, 7) is 5.83. The van der Waals surface area contributed by atoms with E-state index in [-0.39, 0.29) is 17.9 Å². The van der Waals surface area contributed by atoms with Crippen LogP contribution in [-0.2, 0) is 4.79 Å². The predicted octanol–water partition coefficient (Wildman–Crippen LogP) is 2.59. The minimum absolute atomic E-state index is 0.0203. The van der Waals surface area contributed by atoms with Gasteiger partial charge in [-0.2, -0.15) is 0 Å². The molecule has 0 spiro atoms. The molecule has 2 fully saturated rings. The lowest BCUT2D eigenvalue weighted by atomic mass is 9.95. The first-order chi connectivity index (χ1) is 12.2. The quantitative estimate of drug-likeness (QED) is 0.845. The summed E-state index contributed by atoms with van der Waals surface area (Å²) in [5.41, 5.74) is 0. The summed E-state index contributed by atoms with van der Waals surface area (Å²) in [6, 6.07) is 3.79. The van der Waals surface area contributed by atoms with Crippen molar-refractivity contribution in [1.29, 1.82) is 0 Å². The zero-order valence-electron chi connectivity index (χ0n) is 15.1. The number of amides is 2. The third-order valence-electron chi connectivity index (χ3n) is 5.39. The Morgan fingerprint density at radius 1 is 1.24 bits per heavy atom. The third-order valence-corrected chi connectivity index (χ3v) is 6.25. The number of nitrogens with one attached hydrogen (secondary N) is 1. The number of thiophene rings is 1. The maximum absolute atomic E-state index is 12.8. The van der Waals surface area contributed by atoms with Crippen molar-refractivity contribution in [3.63, 3.8) is 0 Å². The Bertz CT molecular complexity index is 561. The van der Waals surface area contributed by atoms with Gasteiger partial charge in [0, 0.05) is 32.7 Å². The molecule has 5 nitrogen and oxygen atoms in total. The van der Waals surface area contributed by atoms with Crippen LogP contribution in [0.4, 0.5) is 0 Å². The summed E-state index contributed by atoms with van der Waals surface area (Å²) in [4.78, 5) is 30.3. The second-order valence-corrected chi connectivity index (χ2v) is 8.03. The van der Waals surface area contributed by atoms with Crippen LogP contribution < -0.4 is 5.32 Å². The lowest BCUT2D eigenvalue weighted by Gasteiger charge is -2.40. The summed E-state index contributed by atoms with van der Waals surface area (Å²) < 4.78 is 0. The molecule has 0 aromatic carbocycles. The molecule has 1 aromatic heterocycles. The molecule has 1 N–H and O–H groups in total. The second kappa shape index (κ2) is 8.81. The highest BCUT2D eigenvalue weighted by atomic mass is 32.1. The Hall–Kier alpha value is -1.40. The lowest BCUT2D eigenvalue weighted by Crippen LogP contribution is -2.58. The molecule has 6 heteroatoms. The highest BCUT2D eigenvalue weighted by Gasteiger charge is 2.37. The molecule has 1 atom stereocenters. The van der Waals surface area contributed by atoms with Crippen LogP contribution in [0.15, 0.2) is 17.5 Å². The fourth-order valence-corrected chi connectivity index (χ4v) is 4.75. The molecule has 25 heavy (non-hydrogen) atoms. The van der Waals surface area contributed by atoms with Gasteiger partial charge < -0.3 is 10.2 Å². The van der Waals surface area contributed by atoms with Crippen molar-refractivity contribution in [1.82, 2.24) is 15.1 Å². The van der Waals surface area contributed by atoms with E-state index in [1.165, 1.54) is 24.2 Å². The summed E-state index contributed by atoms with van der Waals surface area (Å²) in [6.07, 6.45) is 5.74. The number of piperazine rings is 1. The predicted molar refractivity (Wildman–Crippen MR) is 101 cm³/mol. The largest absolute Gasteiger partial charge is 0.355 e. The van der Waals surface area contributed by atoms with Crippen molar-refractivity contribution in [3.05, 3.63) is 22.4 Å². The number of nitrogens with zero attached hydrogens (tertiary/aromatic N) is 2. The van der Waals surface area contributed by atoms with E-state index in [2.05, 4.69) is 17.1 Å². The van der Waals surface area contributed by atoms with Gasteiger partial charge in [-0.1, -0.05) is 25.8 Å². The normalized spacial score (nSPS) is 20.6. The van der Waals surface area contributed by atoms with E-state index in [1.807, 2.05) is 22.4 Å². The first-order valence-electron chi connectivity index (χ1n) is 9.55. The van der Waals surface area contributed by atoms with Crippen molar-refractivity contribution < 1.29 is 9.59 Å². The van der Waals surface area contributed by atoms with Gasteiger partial charge in [-0.25, -0.2) is 0 Å². The van der Waals surface area contributed by atoms with Crippen LogP contribution in [0.1, 0.15) is 48.7 Å². The van der Waals surface area contributed by atoms with Crippen LogP contribution >= 0.6 is 11.3 Å². The number of rotatable bonds is 6. The van der Waals surface area contributed by atoms with Crippen molar-refractivity contribution >= 4 is 23.2 Å². The molecule has 1 aliphatic carbocycles. The van der Waals surface area contributed by atoms with Gasteiger partial charge in [0.25, 0.3) is 5.91 Å². The fourth-order valence-electron chi connectivity index (χ4n) is 4.06. The maximum Gasteiger partial charge on any atom is 0.264 e. The van der Waals surface area contributed by atoms with Crippen LogP contribution in [0, 0.1) is 5.92 Å². The van der Waals surface area contributed by atoms with Gasteiger partial charge >= 0.3 is 0 Å². The van der Waals surface area contributed by atoms with Crippen LogP contribution in [0.25, 0.3) is 0 Å². The highest BCUT2D eigenvalue weighted by molar-refractivity contribution is 7.12. The van der Waals surface area contributed by atoms with Gasteiger partial charge in [0.1, 0.15) is 0 Å². The number of carbonyl (C=O) groups is 2. The van der Waals surface area contributed by atoms with E-state index in [0.29, 0.717) is 19.0 Å². The van der Waals surface area contributed by atoms with Crippen LogP contribution in [0.5, 0.6) is 0 Å². The van der Waals surface area contributed by atoms with Gasteiger partial charge in [-0.3, -0.25) is 14.5 Å². The minimum atomic E-state index is -0.0203. The summed E-state index contributed by atoms with van der Waals surface area (Å²) >= 11 is 1.50. The van der Waals surface area contributed by atoms with Gasteiger partial charge in [0.15, 0.2) is 0 Å². The summed E-state index contributed by atoms with van der Waals surface area (Å²) in [5.74, 6) is 0.783. The monoisotopic (exact) mass is 363 g/mol. The smallest absolute Gasteiger partial charge is 0.264 e. The zero-order chi connectivity index (χ0) is 17.6. The SMILES string of the molecule is CCCNC(=O)C(C1CCCC1)N1CCN(C(=O)c2cccs2)CC1. The number of hydrogen-bond acceptors (Lipinski definition) is 4. The van der Waals surface area contributed by atoms with Crippen LogP contribution in [0.2, 0.25) is 0 Å². The van der Waals surface area contributed by atoms with E-state index in [4.69, 9.17) is 0 Å². The topological polar surface area (TPSA) is 52.7 Å². The first kappa shape index (κ1) is 18.4. The van der Waals surface area contributed by atoms with E-state index < -0.39 is 0 Å². The van der Waals surface area contributed by atoms with Gasteiger partial charge in [-0.05, 0) is 36.6 Å². The Kier molecular flexibility index (Phi) is 6.48. The van der Waals surface area contributed by atoms with E-state index >= 15 is 0 Å². The Morgan fingerprint density at radius 2 is 1.96 bits per heavy atom. The van der Waals surface area contributed by atoms with E-state index in [1.54, 1.807) is 0 Å². The molecule has 1 saturated heterocycles. The lowest BCUT2D eigenvalue weighted by molar-refractivity contribution is -0.129. The van der Waals surface area contributed by atoms with Crippen molar-refractivity contribution in [2.45, 2.75) is 45.1 Å². The molecular weight excluding hydrogens is 334 g/mol. The molecule has 2 aliphatic rings. The van der Waals surface area contributed by atoms with Crippen molar-refractivity contribution in [2.75, 3.05) is 32.7 Å². The van der Waals surface area contributed by atoms with Crippen LogP contribution in [0.3, 0.4) is 0 Å². The van der Waals surface area contributed by atoms with Crippen molar-refractivity contribution in [3.8, 4) is 0 Å². The highest BCUT2D eigenvalue weighted by Crippen LogP contribution is 2.31. The minimum Gasteiger partial charge on any atom is -0.355 e. The molecule has 1 unspecified atom stereocenters. The van der Waals surface area contributed by atoms with Crippen molar-refractivity contribution in [2.24, 2.45) is 5.92 Å². The molecule has 138 valence electrons. The molecule has 0 bridgehead atoms. The van der Waals surface area contributed by atoms with Gasteiger partial charge in [-0.15, -0.1) is 11.3 Å². The fraction of sp³-hybridized carbons (Fsp3) is 0.684. The number of carbonyl (C=O) groups excluding carboxylic acids is 2. The Labute approximate surface area is 154 Å². The van der Waals surface area contributed by atoms with Gasteiger partial charge in [0.2, 0.25) is 5.91 Å². The molecule has 2 heterocycles. The first-order valence-corrected chi connectivity index (χ1v) is 10.4.